The first kappa shape index (κ1) is 8.41. The minimum atomic E-state index is -0.189. The minimum Gasteiger partial charge on any atom is -0.319 e. The van der Waals surface area contributed by atoms with E-state index in [1.165, 1.54) is 19.3 Å². The van der Waals surface area contributed by atoms with Crippen molar-refractivity contribution >= 4 is 0 Å². The quantitative estimate of drug-likeness (QED) is 0.720. The minimum absolute atomic E-state index is 0.189. The topological polar surface area (TPSA) is 56.7 Å². The van der Waals surface area contributed by atoms with Gasteiger partial charge in [0, 0.05) is 7.05 Å². The normalized spacial score (nSPS) is 27.0. The van der Waals surface area contributed by atoms with Crippen LogP contribution < -0.4 is 5.73 Å². The Morgan fingerprint density at radius 2 is 2.14 bits per heavy atom. The molecule has 14 heavy (non-hydrogen) atoms. The molecule has 2 N–H and O–H groups in total. The molecule has 0 saturated heterocycles. The van der Waals surface area contributed by atoms with Crippen LogP contribution in [0, 0.1) is 5.41 Å². The lowest BCUT2D eigenvalue weighted by atomic mass is 9.48. The van der Waals surface area contributed by atoms with Gasteiger partial charge in [0.25, 0.3) is 0 Å². The number of aromatic nitrogens is 3. The van der Waals surface area contributed by atoms with Crippen molar-refractivity contribution in [3.8, 4) is 0 Å². The zero-order valence-corrected chi connectivity index (χ0v) is 8.53. The van der Waals surface area contributed by atoms with E-state index in [9.17, 15) is 0 Å². The fourth-order valence-corrected chi connectivity index (χ4v) is 3.21. The van der Waals surface area contributed by atoms with Gasteiger partial charge in [0.1, 0.15) is 6.33 Å². The number of rotatable bonds is 1. The molecule has 2 fully saturated rings. The fraction of sp³-hybridized carbons (Fsp3) is 0.800. The third kappa shape index (κ3) is 0.919. The Morgan fingerprint density at radius 3 is 2.57 bits per heavy atom. The van der Waals surface area contributed by atoms with Gasteiger partial charge in [0.05, 0.1) is 5.54 Å². The lowest BCUT2D eigenvalue weighted by molar-refractivity contribution is -0.0514. The fourth-order valence-electron chi connectivity index (χ4n) is 3.21. The van der Waals surface area contributed by atoms with Crippen LogP contribution in [0.5, 0.6) is 0 Å². The lowest BCUT2D eigenvalue weighted by Crippen LogP contribution is -2.59. The molecular formula is C10H16N4. The summed E-state index contributed by atoms with van der Waals surface area (Å²) in [6, 6.07) is 0. The van der Waals surface area contributed by atoms with Gasteiger partial charge in [-0.1, -0.05) is 6.42 Å². The number of nitrogens with zero attached hydrogens (tertiary/aromatic N) is 3. The Balaban J connectivity index is 1.84. The van der Waals surface area contributed by atoms with Crippen LogP contribution in [0.1, 0.15) is 37.9 Å². The maximum Gasteiger partial charge on any atom is 0.152 e. The highest BCUT2D eigenvalue weighted by Gasteiger charge is 2.57. The first-order valence-corrected chi connectivity index (χ1v) is 5.27. The van der Waals surface area contributed by atoms with Crippen molar-refractivity contribution in [2.24, 2.45) is 18.2 Å². The van der Waals surface area contributed by atoms with Crippen molar-refractivity contribution in [1.29, 1.82) is 0 Å². The maximum absolute atomic E-state index is 6.33. The molecule has 0 amide bonds. The van der Waals surface area contributed by atoms with Crippen molar-refractivity contribution in [2.45, 2.75) is 37.6 Å². The third-order valence-electron chi connectivity index (χ3n) is 3.95. The molecule has 0 unspecified atom stereocenters. The summed E-state index contributed by atoms with van der Waals surface area (Å²) in [5.74, 6) is 0.954. The standard InChI is InChI=1S/C10H16N4/c1-14-7-12-13-8(14)10(11)5-9(6-10)3-2-4-9/h7H,2-6,11H2,1H3. The number of aryl methyl sites for hydroxylation is 1. The second-order valence-electron chi connectivity index (χ2n) is 5.13. The summed E-state index contributed by atoms with van der Waals surface area (Å²) in [6.45, 7) is 0. The molecule has 4 nitrogen and oxygen atoms in total. The molecule has 0 radical (unpaired) electrons. The lowest BCUT2D eigenvalue weighted by Gasteiger charge is -2.58. The molecule has 76 valence electrons. The van der Waals surface area contributed by atoms with E-state index in [0.717, 1.165) is 18.7 Å². The molecule has 2 aliphatic rings. The Bertz CT molecular complexity index is 356. The molecular weight excluding hydrogens is 176 g/mol. The van der Waals surface area contributed by atoms with Gasteiger partial charge < -0.3 is 10.3 Å². The van der Waals surface area contributed by atoms with E-state index in [1.807, 2.05) is 11.6 Å². The molecule has 0 aliphatic heterocycles. The van der Waals surface area contributed by atoms with E-state index in [0.29, 0.717) is 5.41 Å². The number of nitrogens with two attached hydrogens (primary N) is 1. The molecule has 2 aliphatic carbocycles. The Labute approximate surface area is 83.5 Å². The van der Waals surface area contributed by atoms with Crippen LogP contribution in [0.3, 0.4) is 0 Å². The first-order valence-electron chi connectivity index (χ1n) is 5.27. The Morgan fingerprint density at radius 1 is 1.43 bits per heavy atom. The average Bonchev–Trinajstić information content (AvgIpc) is 2.42. The average molecular weight is 192 g/mol. The van der Waals surface area contributed by atoms with Gasteiger partial charge in [0.15, 0.2) is 5.82 Å². The monoisotopic (exact) mass is 192 g/mol. The summed E-state index contributed by atoms with van der Waals surface area (Å²) in [4.78, 5) is 0. The number of hydrogen-bond acceptors (Lipinski definition) is 3. The zero-order valence-electron chi connectivity index (χ0n) is 8.53. The second-order valence-corrected chi connectivity index (χ2v) is 5.13. The maximum atomic E-state index is 6.33. The van der Waals surface area contributed by atoms with Crippen LogP contribution in [0.4, 0.5) is 0 Å². The van der Waals surface area contributed by atoms with Crippen molar-refractivity contribution in [3.63, 3.8) is 0 Å². The SMILES string of the molecule is Cn1cnnc1C1(N)CC2(CCC2)C1. The largest absolute Gasteiger partial charge is 0.319 e. The van der Waals surface area contributed by atoms with E-state index in [1.54, 1.807) is 6.33 Å². The third-order valence-corrected chi connectivity index (χ3v) is 3.95. The highest BCUT2D eigenvalue weighted by atomic mass is 15.3. The number of hydrogen-bond donors (Lipinski definition) is 1. The van der Waals surface area contributed by atoms with Crippen molar-refractivity contribution in [2.75, 3.05) is 0 Å². The molecule has 4 heteroatoms. The van der Waals surface area contributed by atoms with Crippen LogP contribution in [-0.2, 0) is 12.6 Å². The summed E-state index contributed by atoms with van der Waals surface area (Å²) in [5, 5.41) is 8.02. The van der Waals surface area contributed by atoms with E-state index < -0.39 is 0 Å². The van der Waals surface area contributed by atoms with E-state index >= 15 is 0 Å². The van der Waals surface area contributed by atoms with Gasteiger partial charge in [-0.25, -0.2) is 0 Å². The first-order chi connectivity index (χ1) is 6.64. The van der Waals surface area contributed by atoms with Crippen molar-refractivity contribution in [3.05, 3.63) is 12.2 Å². The van der Waals surface area contributed by atoms with E-state index in [-0.39, 0.29) is 5.54 Å². The van der Waals surface area contributed by atoms with Crippen LogP contribution in [0.15, 0.2) is 6.33 Å². The van der Waals surface area contributed by atoms with Crippen LogP contribution >= 0.6 is 0 Å². The molecule has 1 aromatic heterocycles. The predicted molar refractivity (Wildman–Crippen MR) is 52.4 cm³/mol. The van der Waals surface area contributed by atoms with Gasteiger partial charge in [-0.15, -0.1) is 10.2 Å². The van der Waals surface area contributed by atoms with Gasteiger partial charge in [-0.2, -0.15) is 0 Å². The molecule has 0 atom stereocenters. The summed E-state index contributed by atoms with van der Waals surface area (Å²) >= 11 is 0. The van der Waals surface area contributed by atoms with Gasteiger partial charge in [-0.05, 0) is 31.1 Å². The molecule has 0 aromatic carbocycles. The highest BCUT2D eigenvalue weighted by Crippen LogP contribution is 2.62. The smallest absolute Gasteiger partial charge is 0.152 e. The Kier molecular flexibility index (Phi) is 1.42. The van der Waals surface area contributed by atoms with Crippen molar-refractivity contribution < 1.29 is 0 Å². The van der Waals surface area contributed by atoms with Gasteiger partial charge >= 0.3 is 0 Å². The van der Waals surface area contributed by atoms with E-state index in [4.69, 9.17) is 5.73 Å². The Hall–Kier alpha value is -0.900. The van der Waals surface area contributed by atoms with Crippen LogP contribution in [-0.4, -0.2) is 14.8 Å². The molecule has 3 rings (SSSR count). The summed E-state index contributed by atoms with van der Waals surface area (Å²) in [5.41, 5.74) is 6.73. The highest BCUT2D eigenvalue weighted by molar-refractivity contribution is 5.18. The molecule has 0 bridgehead atoms. The molecule has 1 heterocycles. The summed E-state index contributed by atoms with van der Waals surface area (Å²) in [7, 11) is 1.97. The van der Waals surface area contributed by atoms with Crippen molar-refractivity contribution in [1.82, 2.24) is 14.8 Å². The molecule has 1 spiro atoms. The second kappa shape index (κ2) is 2.37. The van der Waals surface area contributed by atoms with Crippen LogP contribution in [0.25, 0.3) is 0 Å². The van der Waals surface area contributed by atoms with Gasteiger partial charge in [0.2, 0.25) is 0 Å². The van der Waals surface area contributed by atoms with E-state index in [2.05, 4.69) is 10.2 Å². The summed E-state index contributed by atoms with van der Waals surface area (Å²) < 4.78 is 1.95. The molecule has 1 aromatic rings. The molecule has 2 saturated carbocycles. The predicted octanol–water partition coefficient (Wildman–Crippen LogP) is 0.933. The van der Waals surface area contributed by atoms with Gasteiger partial charge in [-0.3, -0.25) is 0 Å². The summed E-state index contributed by atoms with van der Waals surface area (Å²) in [6.07, 6.45) is 8.05. The van der Waals surface area contributed by atoms with Crippen LogP contribution in [0.2, 0.25) is 0 Å². The zero-order chi connectivity index (χ0) is 9.81.